The van der Waals surface area contributed by atoms with Crippen LogP contribution < -0.4 is 21.2 Å². The lowest BCUT2D eigenvalue weighted by atomic mass is 10.1. The van der Waals surface area contributed by atoms with Crippen LogP contribution in [0.1, 0.15) is 51.9 Å². The number of allylic oxidation sites excluding steroid dienone is 1. The molecule has 0 bridgehead atoms. The molecule has 0 atom stereocenters. The van der Waals surface area contributed by atoms with Gasteiger partial charge in [-0.25, -0.2) is 0 Å². The topological polar surface area (TPSA) is 0 Å². The van der Waals surface area contributed by atoms with Gasteiger partial charge in [0.25, 0.3) is 0 Å². The zero-order chi connectivity index (χ0) is 17.6. The number of unbranched alkanes of at least 4 members (excludes halogenated alkanes) is 6. The van der Waals surface area contributed by atoms with Crippen molar-refractivity contribution in [2.75, 3.05) is 0 Å². The van der Waals surface area contributed by atoms with Crippen molar-refractivity contribution in [3.8, 4) is 0 Å². The van der Waals surface area contributed by atoms with Gasteiger partial charge in [0.15, 0.2) is 7.65 Å². The third-order valence-electron chi connectivity index (χ3n) is 2.81. The van der Waals surface area contributed by atoms with Gasteiger partial charge in [-0.3, -0.25) is 0 Å². The Balaban J connectivity index is 0.000000841. The van der Waals surface area contributed by atoms with Crippen LogP contribution in [0.25, 0.3) is 0 Å². The van der Waals surface area contributed by atoms with Crippen molar-refractivity contribution in [2.45, 2.75) is 51.9 Å². The standard InChI is InChI=1S/C16H23ClI.BF4/c1-2-3-4-5-6-7-8-9-14-18-16-12-10-15(17)11-13-16;2-1(3,4)5/h9-14H,2-8H2,1H3;/q+1;-1/b14-9+;. The van der Waals surface area contributed by atoms with Crippen LogP contribution in [0.2, 0.25) is 5.02 Å². The van der Waals surface area contributed by atoms with Crippen molar-refractivity contribution in [1.82, 2.24) is 0 Å². The summed E-state index contributed by atoms with van der Waals surface area (Å²) in [6.07, 6.45) is 11.9. The SMILES string of the molecule is CCCCCCCC/C=C/[I+]c1ccc(Cl)cc1.F[B-](F)(F)F. The number of rotatable bonds is 9. The Morgan fingerprint density at radius 3 is 2.04 bits per heavy atom. The number of halogens is 6. The summed E-state index contributed by atoms with van der Waals surface area (Å²) in [4.78, 5) is 0. The van der Waals surface area contributed by atoms with Crippen LogP contribution >= 0.6 is 11.6 Å². The predicted molar refractivity (Wildman–Crippen MR) is 87.5 cm³/mol. The Morgan fingerprint density at radius 2 is 1.48 bits per heavy atom. The smallest absolute Gasteiger partial charge is 0.418 e. The molecule has 23 heavy (non-hydrogen) atoms. The van der Waals surface area contributed by atoms with Crippen LogP contribution in [0.5, 0.6) is 0 Å². The van der Waals surface area contributed by atoms with E-state index in [4.69, 9.17) is 11.6 Å². The molecule has 0 spiro atoms. The van der Waals surface area contributed by atoms with Gasteiger partial charge in [0.1, 0.15) is 0 Å². The molecule has 0 fully saturated rings. The molecule has 0 amide bonds. The Hall–Kier alpha value is -0.235. The Labute approximate surface area is 152 Å². The maximum absolute atomic E-state index is 9.75. The molecule has 7 heteroatoms. The van der Waals surface area contributed by atoms with Crippen LogP contribution in [-0.4, -0.2) is 7.25 Å². The number of hydrogen-bond donors (Lipinski definition) is 0. The van der Waals surface area contributed by atoms with Crippen molar-refractivity contribution in [1.29, 1.82) is 0 Å². The molecular formula is C16H23BClF4I. The minimum absolute atomic E-state index is 0.0427. The zero-order valence-corrected chi connectivity index (χ0v) is 16.2. The van der Waals surface area contributed by atoms with Gasteiger partial charge in [0.05, 0.1) is 0 Å². The quantitative estimate of drug-likeness (QED) is 0.223. The second-order valence-corrected chi connectivity index (χ2v) is 7.98. The summed E-state index contributed by atoms with van der Waals surface area (Å²) in [6, 6.07) is 8.26. The van der Waals surface area contributed by atoms with Crippen LogP contribution in [-0.2, 0) is 0 Å². The van der Waals surface area contributed by atoms with E-state index >= 15 is 0 Å². The molecule has 1 aromatic rings. The predicted octanol–water partition coefficient (Wildman–Crippen LogP) is 4.16. The highest BCUT2D eigenvalue weighted by molar-refractivity contribution is 6.50. The van der Waals surface area contributed by atoms with Gasteiger partial charge in [-0.05, 0) is 43.2 Å². The first-order chi connectivity index (χ1) is 10.8. The summed E-state index contributed by atoms with van der Waals surface area (Å²) in [5.41, 5.74) is 0. The summed E-state index contributed by atoms with van der Waals surface area (Å²) in [6.45, 7) is 2.27. The molecule has 0 nitrogen and oxygen atoms in total. The maximum atomic E-state index is 9.75. The second-order valence-electron chi connectivity index (χ2n) is 4.96. The average Bonchev–Trinajstić information content (AvgIpc) is 2.46. The summed E-state index contributed by atoms with van der Waals surface area (Å²) in [7, 11) is -6.00. The molecule has 0 heterocycles. The molecule has 0 aromatic heterocycles. The highest BCUT2D eigenvalue weighted by Gasteiger charge is 2.20. The van der Waals surface area contributed by atoms with Gasteiger partial charge in [-0.1, -0.05) is 50.6 Å². The normalized spacial score (nSPS) is 11.4. The number of benzene rings is 1. The van der Waals surface area contributed by atoms with E-state index in [-0.39, 0.29) is 21.2 Å². The van der Waals surface area contributed by atoms with E-state index in [1.807, 2.05) is 12.1 Å². The lowest BCUT2D eigenvalue weighted by Gasteiger charge is -1.96. The molecule has 0 aliphatic heterocycles. The third kappa shape index (κ3) is 19.7. The molecule has 0 saturated heterocycles. The van der Waals surface area contributed by atoms with E-state index < -0.39 is 7.25 Å². The van der Waals surface area contributed by atoms with E-state index in [0.29, 0.717) is 0 Å². The van der Waals surface area contributed by atoms with Crippen LogP contribution in [0.3, 0.4) is 0 Å². The molecule has 0 aliphatic carbocycles. The summed E-state index contributed by atoms with van der Waals surface area (Å²) in [5.74, 6) is 0. The van der Waals surface area contributed by atoms with Crippen molar-refractivity contribution in [2.24, 2.45) is 0 Å². The van der Waals surface area contributed by atoms with Gasteiger partial charge < -0.3 is 17.3 Å². The first kappa shape index (κ1) is 22.8. The molecular weight excluding hydrogens is 441 g/mol. The van der Waals surface area contributed by atoms with Gasteiger partial charge in [0, 0.05) is 5.02 Å². The highest BCUT2D eigenvalue weighted by atomic mass is 127. The van der Waals surface area contributed by atoms with E-state index in [9.17, 15) is 17.3 Å². The van der Waals surface area contributed by atoms with E-state index in [2.05, 4.69) is 29.2 Å². The monoisotopic (exact) mass is 464 g/mol. The van der Waals surface area contributed by atoms with Crippen molar-refractivity contribution in [3.05, 3.63) is 43.0 Å². The average molecular weight is 465 g/mol. The lowest BCUT2D eigenvalue weighted by Crippen LogP contribution is -3.59. The lowest BCUT2D eigenvalue weighted by molar-refractivity contribution is -0.557. The molecule has 1 aromatic carbocycles. The zero-order valence-electron chi connectivity index (χ0n) is 13.3. The fourth-order valence-electron chi connectivity index (χ4n) is 1.73. The molecule has 0 N–H and O–H groups in total. The van der Waals surface area contributed by atoms with Crippen LogP contribution in [0, 0.1) is 3.57 Å². The van der Waals surface area contributed by atoms with E-state index in [1.165, 1.54) is 48.5 Å². The third-order valence-corrected chi connectivity index (χ3v) is 5.36. The van der Waals surface area contributed by atoms with Crippen LogP contribution in [0.4, 0.5) is 17.3 Å². The summed E-state index contributed by atoms with van der Waals surface area (Å²) in [5, 5.41) is 0.832. The first-order valence-electron chi connectivity index (χ1n) is 7.74. The molecule has 1 rings (SSSR count). The van der Waals surface area contributed by atoms with Gasteiger partial charge >= 0.3 is 28.5 Å². The fourth-order valence-corrected chi connectivity index (χ4v) is 3.65. The minimum atomic E-state index is -6.00. The highest BCUT2D eigenvalue weighted by Crippen LogP contribution is 2.07. The molecule has 0 saturated carbocycles. The van der Waals surface area contributed by atoms with Crippen LogP contribution in [0.15, 0.2) is 34.4 Å². The van der Waals surface area contributed by atoms with Gasteiger partial charge in [0.2, 0.25) is 0 Å². The van der Waals surface area contributed by atoms with E-state index in [1.54, 1.807) is 0 Å². The summed E-state index contributed by atoms with van der Waals surface area (Å²) >= 11 is 5.90. The molecule has 0 unspecified atom stereocenters. The van der Waals surface area contributed by atoms with E-state index in [0.717, 1.165) is 5.02 Å². The van der Waals surface area contributed by atoms with Gasteiger partial charge in [-0.2, -0.15) is 0 Å². The fraction of sp³-hybridized carbons (Fsp3) is 0.500. The maximum Gasteiger partial charge on any atom is 0.673 e. The van der Waals surface area contributed by atoms with Crippen molar-refractivity contribution >= 4 is 18.9 Å². The van der Waals surface area contributed by atoms with Crippen molar-refractivity contribution < 1.29 is 38.5 Å². The molecule has 132 valence electrons. The van der Waals surface area contributed by atoms with Gasteiger partial charge in [-0.15, -0.1) is 0 Å². The minimum Gasteiger partial charge on any atom is -0.418 e. The largest absolute Gasteiger partial charge is 0.673 e. The summed E-state index contributed by atoms with van der Waals surface area (Å²) < 4.78 is 42.8. The molecule has 0 radical (unpaired) electrons. The number of hydrogen-bond acceptors (Lipinski definition) is 0. The Kier molecular flexibility index (Phi) is 14.0. The first-order valence-corrected chi connectivity index (χ1v) is 10.4. The Morgan fingerprint density at radius 1 is 0.957 bits per heavy atom. The Bertz CT molecular complexity index is 415. The second kappa shape index (κ2) is 14.1. The van der Waals surface area contributed by atoms with Crippen molar-refractivity contribution in [3.63, 3.8) is 0 Å². The molecule has 0 aliphatic rings.